The topological polar surface area (TPSA) is 67.2 Å². The number of benzene rings is 2. The van der Waals surface area contributed by atoms with Crippen molar-refractivity contribution < 1.29 is 4.74 Å². The minimum atomic E-state index is 0.477. The molecule has 0 saturated heterocycles. The molecule has 136 valence electrons. The highest BCUT2D eigenvalue weighted by Gasteiger charge is 2.12. The summed E-state index contributed by atoms with van der Waals surface area (Å²) in [6.07, 6.45) is 0. The maximum absolute atomic E-state index is 6.16. The number of aromatic nitrogens is 2. The number of aryl methyl sites for hydroxylation is 4. The first-order valence-corrected chi connectivity index (χ1v) is 8.70. The van der Waals surface area contributed by atoms with Gasteiger partial charge in [0, 0.05) is 23.9 Å². The highest BCUT2D eigenvalue weighted by Crippen LogP contribution is 2.31. The lowest BCUT2D eigenvalue weighted by molar-refractivity contribution is 0.303. The third kappa shape index (κ3) is 3.58. The average Bonchev–Trinajstić information content (AvgIpc) is 3.02. The van der Waals surface area contributed by atoms with E-state index in [9.17, 15) is 0 Å². The fourth-order valence-electron chi connectivity index (χ4n) is 3.13. The van der Waals surface area contributed by atoms with Gasteiger partial charge in [0.05, 0.1) is 11.4 Å². The van der Waals surface area contributed by atoms with E-state index in [0.29, 0.717) is 6.61 Å². The highest BCUT2D eigenvalue weighted by molar-refractivity contribution is 5.66. The summed E-state index contributed by atoms with van der Waals surface area (Å²) in [6.45, 7) is 8.70. The summed E-state index contributed by atoms with van der Waals surface area (Å²) >= 11 is 0. The number of aromatic amines is 1. The van der Waals surface area contributed by atoms with Crippen LogP contribution in [-0.4, -0.2) is 17.2 Å². The summed E-state index contributed by atoms with van der Waals surface area (Å²) in [5, 5.41) is 9.00. The van der Waals surface area contributed by atoms with Gasteiger partial charge in [-0.05, 0) is 68.7 Å². The molecule has 0 amide bonds. The molecule has 0 spiro atoms. The summed E-state index contributed by atoms with van der Waals surface area (Å²) in [5.74, 6) is 6.84. The maximum Gasteiger partial charge on any atom is 0.123 e. The molecule has 0 fully saturated rings. The summed E-state index contributed by atoms with van der Waals surface area (Å²) in [4.78, 5) is 0. The van der Waals surface area contributed by atoms with Gasteiger partial charge in [-0.1, -0.05) is 12.1 Å². The van der Waals surface area contributed by atoms with E-state index in [2.05, 4.69) is 55.2 Å². The van der Waals surface area contributed by atoms with Gasteiger partial charge in [-0.3, -0.25) is 5.10 Å². The molecule has 0 bridgehead atoms. The van der Waals surface area contributed by atoms with E-state index < -0.39 is 0 Å². The number of ether oxygens (including phenoxy) is 1. The Morgan fingerprint density at radius 2 is 1.81 bits per heavy atom. The van der Waals surface area contributed by atoms with Crippen molar-refractivity contribution in [3.8, 4) is 17.0 Å². The molecule has 1 aromatic heterocycles. The van der Waals surface area contributed by atoms with E-state index in [1.807, 2.05) is 26.1 Å². The van der Waals surface area contributed by atoms with Gasteiger partial charge < -0.3 is 9.75 Å². The van der Waals surface area contributed by atoms with E-state index in [1.165, 1.54) is 0 Å². The molecule has 0 saturated carbocycles. The number of nitrogens with one attached hydrogen (secondary N) is 1. The third-order valence-corrected chi connectivity index (χ3v) is 4.64. The number of hydrazine groups is 1. The van der Waals surface area contributed by atoms with Crippen LogP contribution in [0.2, 0.25) is 0 Å². The standard InChI is InChI=1S/C21H26N4O/c1-13-7-6-8-20(25(5)22)18(13)12-26-21-10-14(2)17(9-15(21)3)19-11-16(4)23-24-19/h6-11H,12,22H2,1-5H3,(H,23,24). The molecule has 2 aromatic carbocycles. The summed E-state index contributed by atoms with van der Waals surface area (Å²) in [7, 11) is 1.84. The molecule has 0 radical (unpaired) electrons. The largest absolute Gasteiger partial charge is 0.489 e. The normalized spacial score (nSPS) is 10.8. The van der Waals surface area contributed by atoms with Gasteiger partial charge in [-0.15, -0.1) is 0 Å². The molecule has 0 atom stereocenters. The van der Waals surface area contributed by atoms with Crippen LogP contribution in [0.15, 0.2) is 36.4 Å². The van der Waals surface area contributed by atoms with Crippen LogP contribution < -0.4 is 15.6 Å². The smallest absolute Gasteiger partial charge is 0.123 e. The zero-order chi connectivity index (χ0) is 18.8. The second-order valence-electron chi connectivity index (χ2n) is 6.84. The van der Waals surface area contributed by atoms with Crippen molar-refractivity contribution in [3.05, 3.63) is 64.3 Å². The van der Waals surface area contributed by atoms with Crippen molar-refractivity contribution in [1.82, 2.24) is 10.2 Å². The van der Waals surface area contributed by atoms with Crippen molar-refractivity contribution >= 4 is 5.69 Å². The number of rotatable bonds is 5. The first-order chi connectivity index (χ1) is 12.4. The van der Waals surface area contributed by atoms with Crippen LogP contribution in [0.4, 0.5) is 5.69 Å². The minimum Gasteiger partial charge on any atom is -0.489 e. The zero-order valence-corrected chi connectivity index (χ0v) is 16.1. The van der Waals surface area contributed by atoms with E-state index in [1.54, 1.807) is 5.01 Å². The van der Waals surface area contributed by atoms with Gasteiger partial charge in [-0.25, -0.2) is 5.84 Å². The SMILES string of the molecule is Cc1cc(-c2cc(C)c(OCc3c(C)cccc3N(C)N)cc2C)n[nH]1. The highest BCUT2D eigenvalue weighted by atomic mass is 16.5. The van der Waals surface area contributed by atoms with Gasteiger partial charge in [-0.2, -0.15) is 5.10 Å². The lowest BCUT2D eigenvalue weighted by atomic mass is 10.0. The molecular formula is C21H26N4O. The van der Waals surface area contributed by atoms with Crippen LogP contribution >= 0.6 is 0 Å². The van der Waals surface area contributed by atoms with Crippen molar-refractivity contribution in [2.45, 2.75) is 34.3 Å². The molecule has 5 nitrogen and oxygen atoms in total. The van der Waals surface area contributed by atoms with Crippen LogP contribution in [0.25, 0.3) is 11.3 Å². The lowest BCUT2D eigenvalue weighted by Crippen LogP contribution is -2.26. The van der Waals surface area contributed by atoms with Gasteiger partial charge in [0.1, 0.15) is 12.4 Å². The van der Waals surface area contributed by atoms with E-state index in [-0.39, 0.29) is 0 Å². The Kier molecular flexibility index (Phi) is 5.00. The Morgan fingerprint density at radius 3 is 2.46 bits per heavy atom. The van der Waals surface area contributed by atoms with Crippen molar-refractivity contribution in [2.24, 2.45) is 5.84 Å². The Labute approximate surface area is 154 Å². The number of anilines is 1. The fourth-order valence-corrected chi connectivity index (χ4v) is 3.13. The molecule has 0 aliphatic rings. The summed E-state index contributed by atoms with van der Waals surface area (Å²) < 4.78 is 6.16. The monoisotopic (exact) mass is 350 g/mol. The predicted octanol–water partition coefficient (Wildman–Crippen LogP) is 4.20. The molecule has 0 aliphatic carbocycles. The first kappa shape index (κ1) is 18.0. The van der Waals surface area contributed by atoms with Gasteiger partial charge >= 0.3 is 0 Å². The van der Waals surface area contributed by atoms with Gasteiger partial charge in [0.2, 0.25) is 0 Å². The Bertz CT molecular complexity index is 928. The number of H-pyrrole nitrogens is 1. The Morgan fingerprint density at radius 1 is 1.04 bits per heavy atom. The molecule has 1 heterocycles. The fraction of sp³-hybridized carbons (Fsp3) is 0.286. The van der Waals surface area contributed by atoms with Gasteiger partial charge in [0.25, 0.3) is 0 Å². The first-order valence-electron chi connectivity index (χ1n) is 8.70. The van der Waals surface area contributed by atoms with Gasteiger partial charge in [0.15, 0.2) is 0 Å². The molecule has 3 rings (SSSR count). The van der Waals surface area contributed by atoms with Crippen molar-refractivity contribution in [3.63, 3.8) is 0 Å². The second-order valence-corrected chi connectivity index (χ2v) is 6.84. The van der Waals surface area contributed by atoms with Crippen LogP contribution in [0, 0.1) is 27.7 Å². The van der Waals surface area contributed by atoms with E-state index in [4.69, 9.17) is 10.6 Å². The molecular weight excluding hydrogens is 324 g/mol. The van der Waals surface area contributed by atoms with Crippen LogP contribution in [0.5, 0.6) is 5.75 Å². The average molecular weight is 350 g/mol. The quantitative estimate of drug-likeness (QED) is 0.534. The van der Waals surface area contributed by atoms with Crippen LogP contribution in [-0.2, 0) is 6.61 Å². The number of hydrogen-bond acceptors (Lipinski definition) is 4. The van der Waals surface area contributed by atoms with E-state index >= 15 is 0 Å². The maximum atomic E-state index is 6.16. The second kappa shape index (κ2) is 7.22. The van der Waals surface area contributed by atoms with E-state index in [0.717, 1.165) is 50.6 Å². The third-order valence-electron chi connectivity index (χ3n) is 4.64. The molecule has 0 aliphatic heterocycles. The zero-order valence-electron chi connectivity index (χ0n) is 16.1. The van der Waals surface area contributed by atoms with Crippen molar-refractivity contribution in [1.29, 1.82) is 0 Å². The lowest BCUT2D eigenvalue weighted by Gasteiger charge is -2.20. The van der Waals surface area contributed by atoms with Crippen LogP contribution in [0.3, 0.4) is 0 Å². The number of hydrogen-bond donors (Lipinski definition) is 2. The summed E-state index contributed by atoms with van der Waals surface area (Å²) in [6, 6.07) is 12.4. The predicted molar refractivity (Wildman–Crippen MR) is 106 cm³/mol. The molecule has 3 N–H and O–H groups in total. The number of nitrogens with two attached hydrogens (primary N) is 1. The molecule has 5 heteroatoms. The Balaban J connectivity index is 1.87. The Hall–Kier alpha value is -2.79. The number of nitrogens with zero attached hydrogens (tertiary/aromatic N) is 2. The van der Waals surface area contributed by atoms with Crippen LogP contribution in [0.1, 0.15) is 27.9 Å². The van der Waals surface area contributed by atoms with Crippen molar-refractivity contribution in [2.75, 3.05) is 12.1 Å². The summed E-state index contributed by atoms with van der Waals surface area (Å²) in [5.41, 5.74) is 8.59. The molecule has 26 heavy (non-hydrogen) atoms. The molecule has 3 aromatic rings. The molecule has 0 unspecified atom stereocenters. The minimum absolute atomic E-state index is 0.477.